The Morgan fingerprint density at radius 3 is 2.19 bits per heavy atom. The third-order valence-corrected chi connectivity index (χ3v) is 5.08. The molecule has 37 heavy (non-hydrogen) atoms. The van der Waals surface area contributed by atoms with E-state index in [9.17, 15) is 19.2 Å². The number of pyridine rings is 1. The zero-order valence-corrected chi connectivity index (χ0v) is 23.3. The first-order valence-corrected chi connectivity index (χ1v) is 12.3. The Balaban J connectivity index is 2.60. The molecule has 1 aromatic heterocycles. The number of carbonyl (C=O) groups excluding carboxylic acids is 3. The van der Waals surface area contributed by atoms with E-state index in [1.165, 1.54) is 12.3 Å². The zero-order chi connectivity index (χ0) is 28.1. The Morgan fingerprint density at radius 2 is 1.62 bits per heavy atom. The van der Waals surface area contributed by atoms with Crippen molar-refractivity contribution in [3.8, 4) is 11.1 Å². The molecule has 0 saturated heterocycles. The summed E-state index contributed by atoms with van der Waals surface area (Å²) in [4.78, 5) is 50.7. The summed E-state index contributed by atoms with van der Waals surface area (Å²) in [5.74, 6) is -1.31. The molecule has 1 amide bonds. The first-order chi connectivity index (χ1) is 17.0. The average Bonchev–Trinajstić information content (AvgIpc) is 2.72. The highest BCUT2D eigenvalue weighted by atomic mass is 35.5. The lowest BCUT2D eigenvalue weighted by molar-refractivity contribution is -0.155. The van der Waals surface area contributed by atoms with Crippen LogP contribution in [0, 0.1) is 0 Å². The second-order valence-electron chi connectivity index (χ2n) is 10.5. The summed E-state index contributed by atoms with van der Waals surface area (Å²) in [5.41, 5.74) is -0.629. The molecule has 2 aromatic rings. The molecule has 0 bridgehead atoms. The summed E-state index contributed by atoms with van der Waals surface area (Å²) in [6.45, 7) is 13.5. The van der Waals surface area contributed by atoms with Crippen LogP contribution in [0.15, 0.2) is 35.3 Å². The van der Waals surface area contributed by atoms with E-state index in [0.717, 1.165) is 4.57 Å². The molecule has 202 valence electrons. The van der Waals surface area contributed by atoms with Crippen LogP contribution in [0.4, 0.5) is 4.79 Å². The van der Waals surface area contributed by atoms with Crippen LogP contribution in [-0.4, -0.2) is 40.4 Å². The topological polar surface area (TPSA) is 113 Å². The maximum absolute atomic E-state index is 13.0. The fraction of sp³-hybridized carbons (Fsp3) is 0.481. The highest BCUT2D eigenvalue weighted by Crippen LogP contribution is 2.33. The molecular weight excluding hydrogens is 500 g/mol. The second-order valence-corrected chi connectivity index (χ2v) is 10.9. The third kappa shape index (κ3) is 8.93. The van der Waals surface area contributed by atoms with Crippen molar-refractivity contribution in [1.29, 1.82) is 0 Å². The van der Waals surface area contributed by atoms with Gasteiger partial charge in [0.2, 0.25) is 0 Å². The Kier molecular flexibility index (Phi) is 9.54. The van der Waals surface area contributed by atoms with E-state index >= 15 is 0 Å². The average molecular weight is 535 g/mol. The zero-order valence-electron chi connectivity index (χ0n) is 22.6. The van der Waals surface area contributed by atoms with Crippen LogP contribution in [0.1, 0.15) is 77.4 Å². The lowest BCUT2D eigenvalue weighted by Crippen LogP contribution is -2.34. The molecule has 9 nitrogen and oxygen atoms in total. The first-order valence-electron chi connectivity index (χ1n) is 11.9. The molecule has 0 aliphatic rings. The molecule has 0 aliphatic heterocycles. The van der Waals surface area contributed by atoms with E-state index in [1.807, 2.05) is 0 Å². The minimum absolute atomic E-state index is 0.0537. The van der Waals surface area contributed by atoms with Crippen LogP contribution in [0.25, 0.3) is 11.1 Å². The summed E-state index contributed by atoms with van der Waals surface area (Å²) < 4.78 is 17.0. The van der Waals surface area contributed by atoms with Crippen molar-refractivity contribution < 1.29 is 28.6 Å². The molecule has 1 atom stereocenters. The number of nitrogens with zero attached hydrogens (tertiary/aromatic N) is 1. The van der Waals surface area contributed by atoms with Crippen molar-refractivity contribution in [2.75, 3.05) is 6.61 Å². The summed E-state index contributed by atoms with van der Waals surface area (Å²) in [5, 5.41) is 3.12. The van der Waals surface area contributed by atoms with Gasteiger partial charge in [-0.05, 0) is 78.6 Å². The van der Waals surface area contributed by atoms with Gasteiger partial charge in [-0.15, -0.1) is 0 Å². The highest BCUT2D eigenvalue weighted by Gasteiger charge is 2.25. The Bertz CT molecular complexity index is 1220. The number of hydrogen-bond donors (Lipinski definition) is 1. The number of aromatic nitrogens is 1. The summed E-state index contributed by atoms with van der Waals surface area (Å²) >= 11 is 6.29. The van der Waals surface area contributed by atoms with E-state index in [0.29, 0.717) is 16.1 Å². The minimum atomic E-state index is -0.739. The maximum atomic E-state index is 13.0. The van der Waals surface area contributed by atoms with Gasteiger partial charge in [-0.2, -0.15) is 0 Å². The van der Waals surface area contributed by atoms with Crippen molar-refractivity contribution in [3.05, 3.63) is 57.0 Å². The van der Waals surface area contributed by atoms with Crippen molar-refractivity contribution in [3.63, 3.8) is 0 Å². The number of benzene rings is 1. The predicted octanol–water partition coefficient (Wildman–Crippen LogP) is 5.27. The van der Waals surface area contributed by atoms with E-state index in [1.54, 1.807) is 73.6 Å². The summed E-state index contributed by atoms with van der Waals surface area (Å²) in [6.07, 6.45) is 0.648. The number of rotatable bonds is 7. The van der Waals surface area contributed by atoms with Gasteiger partial charge in [0.15, 0.2) is 0 Å². The van der Waals surface area contributed by atoms with Gasteiger partial charge in [0.25, 0.3) is 5.56 Å². The summed E-state index contributed by atoms with van der Waals surface area (Å²) in [6, 6.07) is 5.61. The smallest absolute Gasteiger partial charge is 0.408 e. The maximum Gasteiger partial charge on any atom is 0.408 e. The number of carbonyl (C=O) groups is 3. The second kappa shape index (κ2) is 11.8. The molecule has 0 saturated carbocycles. The largest absolute Gasteiger partial charge is 0.462 e. The Morgan fingerprint density at radius 1 is 1.00 bits per heavy atom. The Labute approximate surface area is 222 Å². The molecule has 10 heteroatoms. The number of alkyl carbamates (subject to hydrolysis) is 1. The molecule has 0 fully saturated rings. The molecule has 1 unspecified atom stereocenters. The number of nitrogens with one attached hydrogen (secondary N) is 1. The van der Waals surface area contributed by atoms with Gasteiger partial charge >= 0.3 is 18.0 Å². The van der Waals surface area contributed by atoms with Crippen LogP contribution in [0.2, 0.25) is 5.02 Å². The molecule has 1 heterocycles. The van der Waals surface area contributed by atoms with Gasteiger partial charge in [-0.1, -0.05) is 17.7 Å². The van der Waals surface area contributed by atoms with Gasteiger partial charge in [0, 0.05) is 22.8 Å². The lowest BCUT2D eigenvalue weighted by atomic mass is 9.93. The van der Waals surface area contributed by atoms with Crippen LogP contribution in [-0.2, 0) is 25.5 Å². The third-order valence-electron chi connectivity index (χ3n) is 4.85. The van der Waals surface area contributed by atoms with E-state index in [2.05, 4.69) is 5.32 Å². The van der Waals surface area contributed by atoms with E-state index in [4.69, 9.17) is 25.8 Å². The minimum Gasteiger partial charge on any atom is -0.462 e. The molecule has 0 radical (unpaired) electrons. The fourth-order valence-corrected chi connectivity index (χ4v) is 3.68. The van der Waals surface area contributed by atoms with E-state index in [-0.39, 0.29) is 24.3 Å². The molecule has 1 N–H and O–H groups in total. The van der Waals surface area contributed by atoms with Crippen LogP contribution >= 0.6 is 11.6 Å². The molecule has 0 spiro atoms. The standard InChI is InChI=1S/C27H35ClN2O7/c1-9-35-24(33)21-14-30(15-23(32)36-26(3,4)5)22(31)13-20(21)19-12-17(28)10-11-18(19)16(2)29-25(34)37-27(6,7)8/h10-14,16H,9,15H2,1-8H3,(H,29,34). The number of halogens is 1. The van der Waals surface area contributed by atoms with Crippen molar-refractivity contribution in [2.45, 2.75) is 79.2 Å². The summed E-state index contributed by atoms with van der Waals surface area (Å²) in [7, 11) is 0. The first kappa shape index (κ1) is 29.9. The molecule has 0 aliphatic carbocycles. The van der Waals surface area contributed by atoms with Crippen molar-refractivity contribution >= 4 is 29.6 Å². The quantitative estimate of drug-likeness (QED) is 0.380. The van der Waals surface area contributed by atoms with Crippen molar-refractivity contribution in [1.82, 2.24) is 9.88 Å². The van der Waals surface area contributed by atoms with Crippen LogP contribution in [0.5, 0.6) is 0 Å². The molecule has 2 rings (SSSR count). The van der Waals surface area contributed by atoms with E-state index < -0.39 is 40.8 Å². The van der Waals surface area contributed by atoms with Crippen LogP contribution in [0.3, 0.4) is 0 Å². The van der Waals surface area contributed by atoms with Gasteiger partial charge in [-0.3, -0.25) is 9.59 Å². The van der Waals surface area contributed by atoms with Crippen LogP contribution < -0.4 is 10.9 Å². The monoisotopic (exact) mass is 534 g/mol. The normalized spacial score (nSPS) is 12.5. The molecular formula is C27H35ClN2O7. The predicted molar refractivity (Wildman–Crippen MR) is 141 cm³/mol. The number of hydrogen-bond acceptors (Lipinski definition) is 7. The Hall–Kier alpha value is -3.33. The van der Waals surface area contributed by atoms with Gasteiger partial charge in [0.05, 0.1) is 18.2 Å². The number of esters is 2. The van der Waals surface area contributed by atoms with Gasteiger partial charge < -0.3 is 24.1 Å². The van der Waals surface area contributed by atoms with Gasteiger partial charge in [0.1, 0.15) is 17.7 Å². The van der Waals surface area contributed by atoms with Crippen molar-refractivity contribution in [2.24, 2.45) is 0 Å². The lowest BCUT2D eigenvalue weighted by Gasteiger charge is -2.24. The van der Waals surface area contributed by atoms with Gasteiger partial charge in [-0.25, -0.2) is 9.59 Å². The number of amides is 1. The SMILES string of the molecule is CCOC(=O)c1cn(CC(=O)OC(C)(C)C)c(=O)cc1-c1cc(Cl)ccc1C(C)NC(=O)OC(C)(C)C. The fourth-order valence-electron chi connectivity index (χ4n) is 3.51. The number of ether oxygens (including phenoxy) is 3. The molecule has 1 aromatic carbocycles. The highest BCUT2D eigenvalue weighted by molar-refractivity contribution is 6.31.